The molecule has 8 nitrogen and oxygen atoms in total. The number of carbonyl (C=O) groups is 1. The molecule has 0 unspecified atom stereocenters. The third-order valence-electron chi connectivity index (χ3n) is 5.68. The maximum absolute atomic E-state index is 13.4. The van der Waals surface area contributed by atoms with Gasteiger partial charge in [-0.05, 0) is 43.9 Å². The molecule has 0 bridgehead atoms. The highest BCUT2D eigenvalue weighted by molar-refractivity contribution is 5.85. The zero-order valence-corrected chi connectivity index (χ0v) is 17.0. The Labute approximate surface area is 174 Å². The number of benzene rings is 1. The largest absolute Gasteiger partial charge is 0.382 e. The van der Waals surface area contributed by atoms with Crippen LogP contribution in [0.2, 0.25) is 0 Å². The molecule has 1 aliphatic rings. The molecule has 2 aromatic rings. The number of rotatable bonds is 6. The van der Waals surface area contributed by atoms with Gasteiger partial charge in [-0.15, -0.1) is 0 Å². The summed E-state index contributed by atoms with van der Waals surface area (Å²) in [5.41, 5.74) is -1.00. The van der Waals surface area contributed by atoms with Crippen molar-refractivity contribution >= 4 is 11.6 Å². The summed E-state index contributed by atoms with van der Waals surface area (Å²) in [6, 6.07) is 6.23. The van der Waals surface area contributed by atoms with Crippen molar-refractivity contribution in [3.05, 3.63) is 47.8 Å². The molecule has 1 fully saturated rings. The highest BCUT2D eigenvalue weighted by Crippen LogP contribution is 2.27. The number of anilines is 1. The highest BCUT2D eigenvalue weighted by atomic mass is 19.1. The van der Waals surface area contributed by atoms with Gasteiger partial charge < -0.3 is 25.0 Å². The summed E-state index contributed by atoms with van der Waals surface area (Å²) in [6.45, 7) is 2.98. The molecule has 2 atom stereocenters. The molecule has 1 aromatic carbocycles. The molecule has 1 saturated heterocycles. The number of imidazole rings is 1. The van der Waals surface area contributed by atoms with Gasteiger partial charge in [0.05, 0.1) is 11.3 Å². The van der Waals surface area contributed by atoms with Crippen molar-refractivity contribution in [1.82, 2.24) is 14.9 Å². The monoisotopic (exact) mass is 415 g/mol. The summed E-state index contributed by atoms with van der Waals surface area (Å²) in [5, 5.41) is 32.9. The maximum Gasteiger partial charge on any atom is 0.254 e. The molecule has 1 aliphatic heterocycles. The molecule has 9 heteroatoms. The second-order valence-corrected chi connectivity index (χ2v) is 7.86. The fourth-order valence-electron chi connectivity index (χ4n) is 3.68. The Bertz CT molecular complexity index is 944. The van der Waals surface area contributed by atoms with Crippen molar-refractivity contribution in [2.45, 2.75) is 31.5 Å². The van der Waals surface area contributed by atoms with Crippen LogP contribution in [0, 0.1) is 23.1 Å². The SMILES string of the molecule is Cn1ccnc1[C@H](O)[C@@](C)(O)C(=O)NCC1CCN(c2ccc(F)cc2C#N)CC1. The number of halogens is 1. The Morgan fingerprint density at radius 2 is 2.17 bits per heavy atom. The molecule has 2 heterocycles. The molecular weight excluding hydrogens is 389 g/mol. The second kappa shape index (κ2) is 8.81. The van der Waals surface area contributed by atoms with Crippen molar-refractivity contribution in [3.8, 4) is 6.07 Å². The quantitative estimate of drug-likeness (QED) is 0.654. The first-order valence-electron chi connectivity index (χ1n) is 9.84. The molecule has 1 aromatic heterocycles. The zero-order valence-electron chi connectivity index (χ0n) is 17.0. The molecule has 30 heavy (non-hydrogen) atoms. The van der Waals surface area contributed by atoms with Gasteiger partial charge in [0, 0.05) is 39.1 Å². The van der Waals surface area contributed by atoms with E-state index in [4.69, 9.17) is 0 Å². The van der Waals surface area contributed by atoms with E-state index in [-0.39, 0.29) is 11.7 Å². The van der Waals surface area contributed by atoms with Gasteiger partial charge in [-0.1, -0.05) is 0 Å². The number of aromatic nitrogens is 2. The van der Waals surface area contributed by atoms with E-state index in [9.17, 15) is 24.7 Å². The Morgan fingerprint density at radius 3 is 2.77 bits per heavy atom. The number of aliphatic hydroxyl groups excluding tert-OH is 1. The second-order valence-electron chi connectivity index (χ2n) is 7.86. The van der Waals surface area contributed by atoms with E-state index in [2.05, 4.69) is 10.3 Å². The van der Waals surface area contributed by atoms with Gasteiger partial charge in [-0.2, -0.15) is 5.26 Å². The van der Waals surface area contributed by atoms with E-state index in [0.29, 0.717) is 30.9 Å². The van der Waals surface area contributed by atoms with Gasteiger partial charge >= 0.3 is 0 Å². The highest BCUT2D eigenvalue weighted by Gasteiger charge is 2.41. The van der Waals surface area contributed by atoms with Gasteiger partial charge in [0.2, 0.25) is 0 Å². The molecule has 1 amide bonds. The fraction of sp³-hybridized carbons (Fsp3) is 0.476. The average Bonchev–Trinajstić information content (AvgIpc) is 3.17. The Hall–Kier alpha value is -2.96. The molecule has 160 valence electrons. The fourth-order valence-corrected chi connectivity index (χ4v) is 3.68. The third-order valence-corrected chi connectivity index (χ3v) is 5.68. The lowest BCUT2D eigenvalue weighted by Crippen LogP contribution is -2.51. The van der Waals surface area contributed by atoms with E-state index < -0.39 is 23.4 Å². The Morgan fingerprint density at radius 1 is 1.47 bits per heavy atom. The van der Waals surface area contributed by atoms with Gasteiger partial charge in [0.1, 0.15) is 23.8 Å². The number of hydrogen-bond donors (Lipinski definition) is 3. The van der Waals surface area contributed by atoms with Crippen LogP contribution in [0.3, 0.4) is 0 Å². The van der Waals surface area contributed by atoms with Crippen LogP contribution in [0.4, 0.5) is 10.1 Å². The Balaban J connectivity index is 1.54. The molecule has 3 N–H and O–H groups in total. The number of amides is 1. The molecular formula is C21H26FN5O3. The minimum Gasteiger partial charge on any atom is -0.382 e. The summed E-state index contributed by atoms with van der Waals surface area (Å²) in [4.78, 5) is 18.5. The molecule has 0 aliphatic carbocycles. The number of piperidine rings is 1. The van der Waals surface area contributed by atoms with Crippen molar-refractivity contribution in [2.24, 2.45) is 13.0 Å². The van der Waals surface area contributed by atoms with E-state index in [0.717, 1.165) is 12.8 Å². The van der Waals surface area contributed by atoms with E-state index in [1.54, 1.807) is 23.9 Å². The van der Waals surface area contributed by atoms with Gasteiger partial charge in [0.25, 0.3) is 5.91 Å². The molecule has 0 radical (unpaired) electrons. The molecule has 0 spiro atoms. The third kappa shape index (κ3) is 4.45. The lowest BCUT2D eigenvalue weighted by Gasteiger charge is -2.35. The van der Waals surface area contributed by atoms with Crippen LogP contribution in [0.25, 0.3) is 0 Å². The summed E-state index contributed by atoms with van der Waals surface area (Å²) in [7, 11) is 1.67. The standard InChI is InChI=1S/C21H26FN5O3/c1-21(30,18(28)19-24-7-10-26(19)2)20(29)25-13-14-5-8-27(9-6-14)17-4-3-16(22)11-15(17)12-23/h3-4,7,10-11,14,18,28,30H,5-6,8-9,13H2,1-2H3,(H,25,29)/t18-,21+/m0/s1. The number of nitrogens with one attached hydrogen (secondary N) is 1. The first-order valence-corrected chi connectivity index (χ1v) is 9.84. The number of aliphatic hydroxyl groups is 2. The van der Waals surface area contributed by atoms with Crippen LogP contribution in [-0.4, -0.2) is 50.9 Å². The van der Waals surface area contributed by atoms with Crippen LogP contribution in [0.15, 0.2) is 30.6 Å². The minimum atomic E-state index is -2.02. The van der Waals surface area contributed by atoms with Crippen LogP contribution < -0.4 is 10.2 Å². The lowest BCUT2D eigenvalue weighted by atomic mass is 9.94. The van der Waals surface area contributed by atoms with Crippen molar-refractivity contribution < 1.29 is 19.4 Å². The zero-order chi connectivity index (χ0) is 21.9. The topological polar surface area (TPSA) is 114 Å². The first kappa shape index (κ1) is 21.7. The molecule has 0 saturated carbocycles. The van der Waals surface area contributed by atoms with Crippen LogP contribution in [0.1, 0.15) is 37.3 Å². The van der Waals surface area contributed by atoms with Crippen molar-refractivity contribution in [3.63, 3.8) is 0 Å². The first-order chi connectivity index (χ1) is 14.2. The number of nitrogens with zero attached hydrogens (tertiary/aromatic N) is 4. The van der Waals surface area contributed by atoms with Crippen molar-refractivity contribution in [2.75, 3.05) is 24.5 Å². The van der Waals surface area contributed by atoms with Crippen LogP contribution in [0.5, 0.6) is 0 Å². The maximum atomic E-state index is 13.4. The van der Waals surface area contributed by atoms with Gasteiger partial charge in [0.15, 0.2) is 5.60 Å². The predicted octanol–water partition coefficient (Wildman–Crippen LogP) is 1.25. The lowest BCUT2D eigenvalue weighted by molar-refractivity contribution is -0.151. The number of nitriles is 1. The summed E-state index contributed by atoms with van der Waals surface area (Å²) < 4.78 is 14.9. The van der Waals surface area contributed by atoms with E-state index >= 15 is 0 Å². The average molecular weight is 415 g/mol. The summed E-state index contributed by atoms with van der Waals surface area (Å²) >= 11 is 0. The van der Waals surface area contributed by atoms with E-state index in [1.807, 2.05) is 11.0 Å². The summed E-state index contributed by atoms with van der Waals surface area (Å²) in [6.07, 6.45) is 3.19. The minimum absolute atomic E-state index is 0.192. The van der Waals surface area contributed by atoms with Crippen LogP contribution >= 0.6 is 0 Å². The smallest absolute Gasteiger partial charge is 0.254 e. The number of aryl methyl sites for hydroxylation is 1. The van der Waals surface area contributed by atoms with E-state index in [1.165, 1.54) is 25.3 Å². The predicted molar refractivity (Wildman–Crippen MR) is 108 cm³/mol. The van der Waals surface area contributed by atoms with Gasteiger partial charge in [-0.3, -0.25) is 4.79 Å². The number of hydrogen-bond acceptors (Lipinski definition) is 6. The molecule has 3 rings (SSSR count). The Kier molecular flexibility index (Phi) is 6.39. The van der Waals surface area contributed by atoms with Crippen molar-refractivity contribution in [1.29, 1.82) is 5.26 Å². The number of carbonyl (C=O) groups excluding carboxylic acids is 1. The normalized spacial score (nSPS) is 17.8. The van der Waals surface area contributed by atoms with Gasteiger partial charge in [-0.25, -0.2) is 9.37 Å². The van der Waals surface area contributed by atoms with Crippen LogP contribution in [-0.2, 0) is 11.8 Å². The summed E-state index contributed by atoms with van der Waals surface area (Å²) in [5.74, 6) is -0.702.